The average Bonchev–Trinajstić information content (AvgIpc) is 3.15. The van der Waals surface area contributed by atoms with Crippen LogP contribution >= 0.6 is 0 Å². The first-order chi connectivity index (χ1) is 11.9. The minimum Gasteiger partial charge on any atom is -0.337 e. The molecule has 1 saturated heterocycles. The second-order valence-corrected chi connectivity index (χ2v) is 6.76. The van der Waals surface area contributed by atoms with Gasteiger partial charge in [0.05, 0.1) is 12.9 Å². The van der Waals surface area contributed by atoms with Crippen LogP contribution < -0.4 is 5.56 Å². The Morgan fingerprint density at radius 3 is 3.00 bits per heavy atom. The molecule has 0 bridgehead atoms. The summed E-state index contributed by atoms with van der Waals surface area (Å²) in [4.78, 5) is 33.8. The van der Waals surface area contributed by atoms with Gasteiger partial charge in [0.2, 0.25) is 11.6 Å². The molecule has 4 rings (SSSR count). The molecule has 0 radical (unpaired) electrons. The molecule has 0 N–H and O–H groups in total. The van der Waals surface area contributed by atoms with Crippen molar-refractivity contribution in [2.24, 2.45) is 0 Å². The smallest absolute Gasteiger partial charge is 0.266 e. The molecule has 1 saturated carbocycles. The maximum absolute atomic E-state index is 15.2. The van der Waals surface area contributed by atoms with E-state index in [4.69, 9.17) is 4.52 Å². The van der Waals surface area contributed by atoms with Crippen LogP contribution in [0.5, 0.6) is 0 Å². The number of nitrogens with zero attached hydrogens (tertiary/aromatic N) is 5. The number of likely N-dealkylation sites (tertiary alicyclic amines) is 1. The van der Waals surface area contributed by atoms with Crippen LogP contribution in [0.15, 0.2) is 21.7 Å². The van der Waals surface area contributed by atoms with E-state index in [9.17, 15) is 9.59 Å². The summed E-state index contributed by atoms with van der Waals surface area (Å²) in [5, 5.41) is 3.84. The molecule has 3 heterocycles. The minimum absolute atomic E-state index is 0.0566. The quantitative estimate of drug-likeness (QED) is 0.816. The van der Waals surface area contributed by atoms with Crippen molar-refractivity contribution < 1.29 is 13.7 Å². The topological polar surface area (TPSA) is 94.1 Å². The van der Waals surface area contributed by atoms with Crippen molar-refractivity contribution in [2.75, 3.05) is 13.1 Å². The van der Waals surface area contributed by atoms with E-state index in [0.29, 0.717) is 11.5 Å². The second-order valence-electron chi connectivity index (χ2n) is 6.76. The zero-order chi connectivity index (χ0) is 17.6. The summed E-state index contributed by atoms with van der Waals surface area (Å²) < 4.78 is 21.5. The molecule has 0 aromatic carbocycles. The minimum atomic E-state index is -1.83. The first kappa shape index (κ1) is 15.9. The first-order valence-corrected chi connectivity index (χ1v) is 8.28. The number of carbonyl (C=O) groups excluding carboxylic acids is 1. The molecule has 2 aromatic heterocycles. The second kappa shape index (κ2) is 5.75. The van der Waals surface area contributed by atoms with Crippen LogP contribution in [-0.4, -0.2) is 43.6 Å². The summed E-state index contributed by atoms with van der Waals surface area (Å²) in [5.41, 5.74) is -1.55. The monoisotopic (exact) mass is 347 g/mol. The van der Waals surface area contributed by atoms with Crippen LogP contribution in [-0.2, 0) is 17.0 Å². The van der Waals surface area contributed by atoms with E-state index >= 15 is 4.39 Å². The highest BCUT2D eigenvalue weighted by Gasteiger charge is 2.47. The van der Waals surface area contributed by atoms with Gasteiger partial charge < -0.3 is 9.42 Å². The van der Waals surface area contributed by atoms with Gasteiger partial charge in [-0.1, -0.05) is 5.16 Å². The molecule has 1 amide bonds. The van der Waals surface area contributed by atoms with Gasteiger partial charge >= 0.3 is 0 Å². The van der Waals surface area contributed by atoms with Gasteiger partial charge in [-0.3, -0.25) is 14.2 Å². The van der Waals surface area contributed by atoms with Crippen LogP contribution in [0.4, 0.5) is 4.39 Å². The van der Waals surface area contributed by atoms with Gasteiger partial charge in [0.1, 0.15) is 6.54 Å². The number of alkyl halides is 1. The lowest BCUT2D eigenvalue weighted by atomic mass is 10.1. The fourth-order valence-corrected chi connectivity index (χ4v) is 2.97. The number of aryl methyl sites for hydroxylation is 1. The van der Waals surface area contributed by atoms with E-state index in [2.05, 4.69) is 15.1 Å². The molecule has 25 heavy (non-hydrogen) atoms. The predicted octanol–water partition coefficient (Wildman–Crippen LogP) is 0.909. The number of carbonyl (C=O) groups is 1. The van der Waals surface area contributed by atoms with Crippen molar-refractivity contribution in [3.8, 4) is 0 Å². The van der Waals surface area contributed by atoms with Gasteiger partial charge in [0.15, 0.2) is 5.82 Å². The van der Waals surface area contributed by atoms with Crippen molar-refractivity contribution in [2.45, 2.75) is 44.3 Å². The maximum atomic E-state index is 15.2. The Bertz CT molecular complexity index is 875. The Morgan fingerprint density at radius 1 is 1.48 bits per heavy atom. The van der Waals surface area contributed by atoms with Crippen molar-refractivity contribution in [3.63, 3.8) is 0 Å². The predicted molar refractivity (Wildman–Crippen MR) is 83.5 cm³/mol. The summed E-state index contributed by atoms with van der Waals surface area (Å²) >= 11 is 0. The number of hydrogen-bond donors (Lipinski definition) is 0. The molecule has 2 aliphatic rings. The number of rotatable bonds is 4. The summed E-state index contributed by atoms with van der Waals surface area (Å²) in [6, 6.07) is 1.36. The average molecular weight is 347 g/mol. The number of hydrogen-bond acceptors (Lipinski definition) is 6. The fraction of sp³-hybridized carbons (Fsp3) is 0.562. The largest absolute Gasteiger partial charge is 0.337 e. The van der Waals surface area contributed by atoms with Gasteiger partial charge in [0.25, 0.3) is 11.4 Å². The molecule has 2 aromatic rings. The Balaban J connectivity index is 1.45. The molecule has 1 atom stereocenters. The Hall–Kier alpha value is -2.58. The third-order valence-corrected chi connectivity index (χ3v) is 4.66. The molecular weight excluding hydrogens is 329 g/mol. The Labute approximate surface area is 142 Å². The molecule has 1 aliphatic carbocycles. The van der Waals surface area contributed by atoms with Crippen LogP contribution in [0.3, 0.4) is 0 Å². The lowest BCUT2D eigenvalue weighted by Crippen LogP contribution is -2.37. The lowest BCUT2D eigenvalue weighted by Gasteiger charge is -2.18. The first-order valence-electron chi connectivity index (χ1n) is 8.28. The molecule has 1 aliphatic heterocycles. The Morgan fingerprint density at radius 2 is 2.28 bits per heavy atom. The summed E-state index contributed by atoms with van der Waals surface area (Å²) in [7, 11) is 0. The molecule has 0 spiro atoms. The molecule has 9 heteroatoms. The van der Waals surface area contributed by atoms with Crippen LogP contribution in [0.25, 0.3) is 0 Å². The molecule has 8 nitrogen and oxygen atoms in total. The van der Waals surface area contributed by atoms with E-state index in [-0.39, 0.29) is 49.3 Å². The van der Waals surface area contributed by atoms with Gasteiger partial charge in [-0.2, -0.15) is 4.98 Å². The third kappa shape index (κ3) is 3.06. The zero-order valence-electron chi connectivity index (χ0n) is 13.8. The normalized spacial score (nSPS) is 23.2. The highest BCUT2D eigenvalue weighted by atomic mass is 19.1. The van der Waals surface area contributed by atoms with Crippen LogP contribution in [0, 0.1) is 6.92 Å². The van der Waals surface area contributed by atoms with Crippen molar-refractivity contribution >= 4 is 5.91 Å². The van der Waals surface area contributed by atoms with E-state index in [0.717, 1.165) is 12.8 Å². The van der Waals surface area contributed by atoms with Crippen LogP contribution in [0.2, 0.25) is 0 Å². The Kier molecular flexibility index (Phi) is 3.66. The summed E-state index contributed by atoms with van der Waals surface area (Å²) in [5.74, 6) is 0.434. The van der Waals surface area contributed by atoms with Gasteiger partial charge in [-0.25, -0.2) is 9.37 Å². The summed E-state index contributed by atoms with van der Waals surface area (Å²) in [6.45, 7) is 1.63. The van der Waals surface area contributed by atoms with E-state index < -0.39 is 5.67 Å². The highest BCUT2D eigenvalue weighted by molar-refractivity contribution is 5.76. The molecule has 2 fully saturated rings. The van der Waals surface area contributed by atoms with Crippen molar-refractivity contribution in [3.05, 3.63) is 40.2 Å². The fourth-order valence-electron chi connectivity index (χ4n) is 2.97. The van der Waals surface area contributed by atoms with Gasteiger partial charge in [-0.05, 0) is 19.8 Å². The van der Waals surface area contributed by atoms with Gasteiger partial charge in [0, 0.05) is 30.6 Å². The van der Waals surface area contributed by atoms with Crippen molar-refractivity contribution in [1.29, 1.82) is 0 Å². The molecular formula is C16H18FN5O3. The van der Waals surface area contributed by atoms with Crippen LogP contribution in [0.1, 0.15) is 42.6 Å². The van der Waals surface area contributed by atoms with Crippen molar-refractivity contribution in [1.82, 2.24) is 24.6 Å². The number of aromatic nitrogens is 4. The molecule has 1 unspecified atom stereocenters. The number of halogens is 1. The van der Waals surface area contributed by atoms with Gasteiger partial charge in [-0.15, -0.1) is 0 Å². The standard InChI is InChI=1S/C16H18FN5O3/c1-10-6-12(23)22(9-18-10)7-13(24)21-5-4-16(17,8-21)15-19-14(20-25-15)11-2-3-11/h6,9,11H,2-5,7-8H2,1H3. The SMILES string of the molecule is Cc1cc(=O)n(CC(=O)N2CCC(F)(c3nc(C4CC4)no3)C2)cn1. The highest BCUT2D eigenvalue weighted by Crippen LogP contribution is 2.41. The zero-order valence-corrected chi connectivity index (χ0v) is 13.8. The third-order valence-electron chi connectivity index (χ3n) is 4.66. The van der Waals surface area contributed by atoms with E-state index in [1.165, 1.54) is 21.9 Å². The van der Waals surface area contributed by atoms with E-state index in [1.54, 1.807) is 6.92 Å². The van der Waals surface area contributed by atoms with E-state index in [1.807, 2.05) is 0 Å². The molecule has 132 valence electrons. The lowest BCUT2D eigenvalue weighted by molar-refractivity contribution is -0.131. The maximum Gasteiger partial charge on any atom is 0.266 e. The summed E-state index contributed by atoms with van der Waals surface area (Å²) in [6.07, 6.45) is 3.44. The number of amides is 1.